The van der Waals surface area contributed by atoms with Gasteiger partial charge in [-0.2, -0.15) is 8.42 Å². The summed E-state index contributed by atoms with van der Waals surface area (Å²) in [5, 5.41) is 6.50. The first-order valence-electron chi connectivity index (χ1n) is 28.3. The Bertz CT molecular complexity index is 3570. The minimum absolute atomic E-state index is 0.0232. The quantitative estimate of drug-likeness (QED) is 0.0252. The van der Waals surface area contributed by atoms with Crippen LogP contribution in [0.1, 0.15) is 119 Å². The second kappa shape index (κ2) is 27.2. The van der Waals surface area contributed by atoms with Crippen LogP contribution >= 0.6 is 21.6 Å². The first kappa shape index (κ1) is 62.0. The molecule has 5 amide bonds. The number of amides is 5. The van der Waals surface area contributed by atoms with Gasteiger partial charge in [-0.25, -0.2) is 0 Å². The van der Waals surface area contributed by atoms with Gasteiger partial charge in [-0.05, 0) is 135 Å². The molecule has 0 fully saturated rings. The summed E-state index contributed by atoms with van der Waals surface area (Å²) in [4.78, 5) is 101. The number of carbonyl (C=O) groups is 7. The minimum atomic E-state index is -4.06. The Labute approximate surface area is 503 Å². The number of nitrogens with one attached hydrogen (secondary N) is 3. The molecule has 0 bridgehead atoms. The number of fused-ring (bicyclic) bond motifs is 8. The maximum atomic E-state index is 14.2. The number of rotatable bonds is 27. The molecule has 4 aliphatic rings. The van der Waals surface area contributed by atoms with Crippen molar-refractivity contribution in [2.45, 2.75) is 127 Å². The molecule has 5 aromatic rings. The van der Waals surface area contributed by atoms with E-state index >= 15 is 0 Å². The molecule has 5 aromatic carbocycles. The molecule has 448 valence electrons. The molecule has 9 rings (SSSR count). The van der Waals surface area contributed by atoms with Crippen molar-refractivity contribution in [1.29, 1.82) is 0 Å². The summed E-state index contributed by atoms with van der Waals surface area (Å²) < 4.78 is 47.3. The SMILES string of the molecule is CNC(=O)C(CCSSC(C)(C)CCC(=O)CCC(=O)NCC(=O)CCC(=O)Nc1cc(COc2cc3c(cc2C)C(=O)N2c4ccccc4C[C@H]2C=N3)cc(COc2cc3c(cc2OC)C(=O)N2c4ccccc4C[C@H]2CC3)c1)S(=O)(=O)OC. The van der Waals surface area contributed by atoms with Gasteiger partial charge in [0, 0.05) is 97.0 Å². The molecule has 4 aliphatic heterocycles. The van der Waals surface area contributed by atoms with Crippen LogP contribution in [-0.4, -0.2) is 111 Å². The molecule has 3 N–H and O–H groups in total. The summed E-state index contributed by atoms with van der Waals surface area (Å²) in [6.45, 7) is 5.54. The number of aryl methyl sites for hydroxylation is 2. The molecule has 22 heteroatoms. The van der Waals surface area contributed by atoms with Crippen molar-refractivity contribution in [1.82, 2.24) is 10.6 Å². The maximum Gasteiger partial charge on any atom is 0.279 e. The average Bonchev–Trinajstić information content (AvgIpc) is 2.03. The number of carbonyl (C=O) groups excluding carboxylic acids is 7. The number of benzene rings is 5. The summed E-state index contributed by atoms with van der Waals surface area (Å²) in [6.07, 6.45) is 4.96. The number of aliphatic imine (C=N–C) groups is 1. The van der Waals surface area contributed by atoms with Gasteiger partial charge < -0.3 is 35.1 Å². The number of ether oxygens (including phenoxy) is 3. The highest BCUT2D eigenvalue weighted by Gasteiger charge is 2.39. The predicted octanol–water partition coefficient (Wildman–Crippen LogP) is 9.14. The number of hydrogen-bond donors (Lipinski definition) is 3. The van der Waals surface area contributed by atoms with E-state index in [1.54, 1.807) is 35.2 Å². The third kappa shape index (κ3) is 14.9. The number of anilines is 3. The highest BCUT2D eigenvalue weighted by molar-refractivity contribution is 8.77. The fourth-order valence-corrected chi connectivity index (χ4v) is 14.8. The van der Waals surface area contributed by atoms with Crippen LogP contribution in [0.4, 0.5) is 22.7 Å². The molecule has 4 heterocycles. The van der Waals surface area contributed by atoms with Crippen molar-refractivity contribution in [2.24, 2.45) is 4.99 Å². The van der Waals surface area contributed by atoms with Crippen molar-refractivity contribution >= 4 is 102 Å². The van der Waals surface area contributed by atoms with Gasteiger partial charge in [-0.15, -0.1) is 0 Å². The first-order chi connectivity index (χ1) is 40.7. The summed E-state index contributed by atoms with van der Waals surface area (Å²) in [5.41, 5.74) is 8.90. The van der Waals surface area contributed by atoms with E-state index < -0.39 is 33.1 Å². The zero-order chi connectivity index (χ0) is 60.6. The van der Waals surface area contributed by atoms with Crippen LogP contribution in [0.5, 0.6) is 17.2 Å². The number of para-hydroxylation sites is 2. The van der Waals surface area contributed by atoms with E-state index in [1.807, 2.05) is 86.5 Å². The van der Waals surface area contributed by atoms with E-state index in [-0.39, 0.29) is 98.5 Å². The molecule has 3 atom stereocenters. The summed E-state index contributed by atoms with van der Waals surface area (Å²) in [5.74, 6) is -0.602. The average molecular weight is 1220 g/mol. The number of ketones is 2. The molecule has 85 heavy (non-hydrogen) atoms. The molecule has 0 aromatic heterocycles. The Morgan fingerprint density at radius 1 is 0.741 bits per heavy atom. The smallest absolute Gasteiger partial charge is 0.279 e. The second-order valence-electron chi connectivity index (χ2n) is 22.1. The molecule has 19 nitrogen and oxygen atoms in total. The lowest BCUT2D eigenvalue weighted by Gasteiger charge is -2.23. The van der Waals surface area contributed by atoms with Gasteiger partial charge in [0.25, 0.3) is 21.9 Å². The molecule has 0 saturated heterocycles. The highest BCUT2D eigenvalue weighted by atomic mass is 33.1. The van der Waals surface area contributed by atoms with Gasteiger partial charge in [0.1, 0.15) is 24.7 Å². The van der Waals surface area contributed by atoms with E-state index in [0.717, 1.165) is 53.6 Å². The van der Waals surface area contributed by atoms with Crippen LogP contribution in [0.3, 0.4) is 0 Å². The van der Waals surface area contributed by atoms with Gasteiger partial charge in [0.05, 0.1) is 38.1 Å². The fourth-order valence-electron chi connectivity index (χ4n) is 11.0. The third-order valence-corrected chi connectivity index (χ3v) is 20.5. The number of methoxy groups -OCH3 is 1. The topological polar surface area (TPSA) is 245 Å². The lowest BCUT2D eigenvalue weighted by Crippen LogP contribution is -2.39. The summed E-state index contributed by atoms with van der Waals surface area (Å²) in [6, 6.07) is 28.3. The lowest BCUT2D eigenvalue weighted by molar-refractivity contribution is -0.127. The van der Waals surface area contributed by atoms with Crippen LogP contribution in [0.15, 0.2) is 96.0 Å². The van der Waals surface area contributed by atoms with E-state index in [2.05, 4.69) is 26.2 Å². The second-order valence-corrected chi connectivity index (χ2v) is 27.1. The third-order valence-electron chi connectivity index (χ3n) is 15.5. The molecular formula is C63H70N6O13S3. The molecule has 0 aliphatic carbocycles. The van der Waals surface area contributed by atoms with Gasteiger partial charge in [-0.3, -0.25) is 47.6 Å². The van der Waals surface area contributed by atoms with Gasteiger partial charge in [0.2, 0.25) is 17.7 Å². The molecular weight excluding hydrogens is 1140 g/mol. The predicted molar refractivity (Wildman–Crippen MR) is 329 cm³/mol. The minimum Gasteiger partial charge on any atom is -0.493 e. The van der Waals surface area contributed by atoms with Crippen molar-refractivity contribution in [3.8, 4) is 17.2 Å². The molecule has 0 radical (unpaired) electrons. The largest absolute Gasteiger partial charge is 0.493 e. The Hall–Kier alpha value is -7.53. The standard InChI is InChI=1S/C63H70N6O13S3/c1-38-25-50-51(65-34-46-30-43-12-8-10-14-53(43)69(46)62(50)76)33-54(38)81-36-39-26-40(37-82-56-31-41-15-16-45-29-42-11-7-9-13-52(42)68(45)61(75)49(41)32-55(56)79-5)28-44(27-39)67-59(73)20-18-48(71)35-66-58(72)19-17-47(70)21-23-63(2,3)84-83-24-22-57(60(74)64-4)85(77,78)80-6/h7-14,25-28,31-34,45-46,57H,15-24,29-30,35-37H2,1-6H3,(H,64,74)(H,66,72)(H,67,73)/t45-,46+,57?/m1/s1. The molecule has 0 saturated carbocycles. The number of hydrogen-bond acceptors (Lipinski definition) is 16. The summed E-state index contributed by atoms with van der Waals surface area (Å²) >= 11 is 0. The Morgan fingerprint density at radius 2 is 1.40 bits per heavy atom. The van der Waals surface area contributed by atoms with E-state index in [1.165, 1.54) is 35.7 Å². The van der Waals surface area contributed by atoms with Crippen molar-refractivity contribution in [3.63, 3.8) is 0 Å². The van der Waals surface area contributed by atoms with Crippen LogP contribution < -0.4 is 40.0 Å². The van der Waals surface area contributed by atoms with Crippen LogP contribution in [0.25, 0.3) is 0 Å². The summed E-state index contributed by atoms with van der Waals surface area (Å²) in [7, 11) is 2.71. The van der Waals surface area contributed by atoms with Crippen molar-refractivity contribution in [3.05, 3.63) is 136 Å². The van der Waals surface area contributed by atoms with Crippen LogP contribution in [0, 0.1) is 6.92 Å². The van der Waals surface area contributed by atoms with Crippen LogP contribution in [-0.2, 0) is 70.8 Å². The van der Waals surface area contributed by atoms with E-state index in [0.29, 0.717) is 75.9 Å². The lowest BCUT2D eigenvalue weighted by atomic mass is 9.99. The Kier molecular flexibility index (Phi) is 19.9. The van der Waals surface area contributed by atoms with Gasteiger partial charge >= 0.3 is 0 Å². The molecule has 0 spiro atoms. The van der Waals surface area contributed by atoms with Gasteiger partial charge in [-0.1, -0.05) is 58.0 Å². The van der Waals surface area contributed by atoms with Crippen molar-refractivity contribution < 1.29 is 60.4 Å². The monoisotopic (exact) mass is 1210 g/mol. The number of Topliss-reactive ketones (excluding diaryl/α,β-unsaturated/α-hetero) is 2. The maximum absolute atomic E-state index is 14.2. The van der Waals surface area contributed by atoms with Gasteiger partial charge in [0.15, 0.2) is 22.5 Å². The zero-order valence-corrected chi connectivity index (χ0v) is 50.9. The fraction of sp³-hybridized carbons (Fsp3) is 0.397. The zero-order valence-electron chi connectivity index (χ0n) is 48.4. The number of nitrogens with zero attached hydrogens (tertiary/aromatic N) is 3. The first-order valence-corrected chi connectivity index (χ1v) is 32.1. The normalized spacial score (nSPS) is 16.1. The Morgan fingerprint density at radius 3 is 2.11 bits per heavy atom. The van der Waals surface area contributed by atoms with E-state index in [9.17, 15) is 42.0 Å². The van der Waals surface area contributed by atoms with Crippen LogP contribution in [0.2, 0.25) is 0 Å². The van der Waals surface area contributed by atoms with Crippen molar-refractivity contribution in [2.75, 3.05) is 48.7 Å². The Balaban J connectivity index is 0.806. The van der Waals surface area contributed by atoms with E-state index in [4.69, 9.17) is 19.2 Å². The highest BCUT2D eigenvalue weighted by Crippen LogP contribution is 2.43. The molecule has 1 unspecified atom stereocenters.